The van der Waals surface area contributed by atoms with Gasteiger partial charge in [-0.3, -0.25) is 11.3 Å². The number of hydrogen-bond acceptors (Lipinski definition) is 2. The molecule has 3 N–H and O–H groups in total. The van der Waals surface area contributed by atoms with Crippen LogP contribution < -0.4 is 11.3 Å². The molecule has 0 unspecified atom stereocenters. The molecule has 10 heavy (non-hydrogen) atoms. The summed E-state index contributed by atoms with van der Waals surface area (Å²) in [6.45, 7) is 0.979. The first-order valence-corrected chi connectivity index (χ1v) is 4.37. The van der Waals surface area contributed by atoms with Gasteiger partial charge in [0.2, 0.25) is 0 Å². The maximum atomic E-state index is 5.14. The van der Waals surface area contributed by atoms with Crippen LogP contribution in [0.4, 0.5) is 0 Å². The summed E-state index contributed by atoms with van der Waals surface area (Å²) in [5, 5.41) is 0. The van der Waals surface area contributed by atoms with E-state index in [4.69, 9.17) is 5.84 Å². The molecule has 2 nitrogen and oxygen atoms in total. The molecule has 0 amide bonds. The minimum atomic E-state index is 0.979. The Balaban J connectivity index is 1.76. The molecule has 1 aliphatic rings. The molecule has 0 aliphatic heterocycles. The Morgan fingerprint density at radius 3 is 2.60 bits per heavy atom. The van der Waals surface area contributed by atoms with Crippen molar-refractivity contribution in [2.24, 2.45) is 11.8 Å². The molecule has 0 aromatic carbocycles. The summed E-state index contributed by atoms with van der Waals surface area (Å²) < 4.78 is 0. The van der Waals surface area contributed by atoms with E-state index in [0.29, 0.717) is 0 Å². The lowest BCUT2D eigenvalue weighted by Gasteiger charge is -2.24. The Morgan fingerprint density at radius 2 is 2.10 bits per heavy atom. The minimum Gasteiger partial charge on any atom is -0.271 e. The fraction of sp³-hybridized carbons (Fsp3) is 1.00. The quantitative estimate of drug-likeness (QED) is 0.346. The highest BCUT2D eigenvalue weighted by Crippen LogP contribution is 2.30. The number of nitrogens with one attached hydrogen (secondary N) is 1. The Hall–Kier alpha value is -0.0800. The van der Waals surface area contributed by atoms with Crippen molar-refractivity contribution in [1.29, 1.82) is 0 Å². The molecule has 1 fully saturated rings. The second-order valence-electron chi connectivity index (χ2n) is 3.25. The topological polar surface area (TPSA) is 38.0 Å². The largest absolute Gasteiger partial charge is 0.271 e. The van der Waals surface area contributed by atoms with Crippen LogP contribution in [0.2, 0.25) is 0 Å². The van der Waals surface area contributed by atoms with Crippen LogP contribution in [0.15, 0.2) is 0 Å². The monoisotopic (exact) mass is 142 g/mol. The second-order valence-corrected chi connectivity index (χ2v) is 3.25. The van der Waals surface area contributed by atoms with Crippen molar-refractivity contribution in [2.75, 3.05) is 6.54 Å². The van der Waals surface area contributed by atoms with E-state index in [0.717, 1.165) is 12.5 Å². The van der Waals surface area contributed by atoms with Gasteiger partial charge in [-0.25, -0.2) is 0 Å². The van der Waals surface area contributed by atoms with Crippen molar-refractivity contribution in [3.8, 4) is 0 Å². The smallest absolute Gasteiger partial charge is 0.00974 e. The van der Waals surface area contributed by atoms with Crippen LogP contribution in [0.3, 0.4) is 0 Å². The van der Waals surface area contributed by atoms with Crippen molar-refractivity contribution in [3.05, 3.63) is 0 Å². The maximum Gasteiger partial charge on any atom is 0.00974 e. The molecular weight excluding hydrogens is 124 g/mol. The van der Waals surface area contributed by atoms with Crippen LogP contribution in [-0.4, -0.2) is 6.54 Å². The number of hydrogen-bond donors (Lipinski definition) is 2. The lowest BCUT2D eigenvalue weighted by atomic mass is 9.82. The van der Waals surface area contributed by atoms with Crippen molar-refractivity contribution in [2.45, 2.75) is 38.5 Å². The zero-order valence-corrected chi connectivity index (χ0v) is 6.60. The number of hydrazine groups is 1. The summed E-state index contributed by atoms with van der Waals surface area (Å²) in [6, 6.07) is 0. The van der Waals surface area contributed by atoms with Gasteiger partial charge in [0, 0.05) is 6.54 Å². The highest BCUT2D eigenvalue weighted by Gasteiger charge is 2.15. The number of nitrogens with two attached hydrogens (primary N) is 1. The van der Waals surface area contributed by atoms with Crippen LogP contribution in [0.25, 0.3) is 0 Å². The summed E-state index contributed by atoms with van der Waals surface area (Å²) in [7, 11) is 0. The van der Waals surface area contributed by atoms with Crippen molar-refractivity contribution >= 4 is 0 Å². The molecule has 1 aliphatic carbocycles. The predicted octanol–water partition coefficient (Wildman–Crippen LogP) is 1.42. The molecule has 1 saturated carbocycles. The standard InChI is InChI=1S/C8H18N2/c9-10-7-2-1-4-8-5-3-6-8/h8,10H,1-7,9H2. The van der Waals surface area contributed by atoms with Crippen LogP contribution in [0, 0.1) is 5.92 Å². The van der Waals surface area contributed by atoms with Crippen molar-refractivity contribution in [1.82, 2.24) is 5.43 Å². The molecule has 0 radical (unpaired) electrons. The van der Waals surface area contributed by atoms with Crippen LogP contribution in [0.1, 0.15) is 38.5 Å². The van der Waals surface area contributed by atoms with E-state index in [-0.39, 0.29) is 0 Å². The van der Waals surface area contributed by atoms with E-state index < -0.39 is 0 Å². The number of unbranched alkanes of at least 4 members (excludes halogenated alkanes) is 1. The summed E-state index contributed by atoms with van der Waals surface area (Å²) in [6.07, 6.45) is 8.47. The van der Waals surface area contributed by atoms with Gasteiger partial charge < -0.3 is 0 Å². The Morgan fingerprint density at radius 1 is 1.30 bits per heavy atom. The molecule has 0 atom stereocenters. The Bertz CT molecular complexity index is 79.3. The molecule has 0 saturated heterocycles. The van der Waals surface area contributed by atoms with Gasteiger partial charge in [0.25, 0.3) is 0 Å². The first-order chi connectivity index (χ1) is 4.93. The van der Waals surface area contributed by atoms with Crippen molar-refractivity contribution < 1.29 is 0 Å². The molecule has 2 heteroatoms. The highest BCUT2D eigenvalue weighted by atomic mass is 15.2. The first kappa shape index (κ1) is 8.02. The van der Waals surface area contributed by atoms with E-state index in [1.165, 1.54) is 38.5 Å². The van der Waals surface area contributed by atoms with Gasteiger partial charge in [0.05, 0.1) is 0 Å². The fourth-order valence-electron chi connectivity index (χ4n) is 1.44. The molecule has 0 heterocycles. The average molecular weight is 142 g/mol. The summed E-state index contributed by atoms with van der Waals surface area (Å²) >= 11 is 0. The second kappa shape index (κ2) is 4.69. The fourth-order valence-corrected chi connectivity index (χ4v) is 1.44. The molecule has 0 aromatic rings. The third kappa shape index (κ3) is 2.67. The molecule has 0 aromatic heterocycles. The van der Waals surface area contributed by atoms with Crippen LogP contribution in [0.5, 0.6) is 0 Å². The lowest BCUT2D eigenvalue weighted by molar-refractivity contribution is 0.287. The zero-order valence-electron chi connectivity index (χ0n) is 6.60. The predicted molar refractivity (Wildman–Crippen MR) is 43.4 cm³/mol. The third-order valence-electron chi connectivity index (χ3n) is 2.41. The van der Waals surface area contributed by atoms with Gasteiger partial charge in [-0.15, -0.1) is 0 Å². The first-order valence-electron chi connectivity index (χ1n) is 4.37. The van der Waals surface area contributed by atoms with E-state index in [2.05, 4.69) is 5.43 Å². The Kier molecular flexibility index (Phi) is 3.76. The van der Waals surface area contributed by atoms with Gasteiger partial charge >= 0.3 is 0 Å². The van der Waals surface area contributed by atoms with E-state index in [1.807, 2.05) is 0 Å². The van der Waals surface area contributed by atoms with Crippen molar-refractivity contribution in [3.63, 3.8) is 0 Å². The SMILES string of the molecule is NNCCCCC1CCC1. The summed E-state index contributed by atoms with van der Waals surface area (Å²) in [5.74, 6) is 6.21. The van der Waals surface area contributed by atoms with Crippen LogP contribution >= 0.6 is 0 Å². The molecular formula is C8H18N2. The molecule has 0 bridgehead atoms. The van der Waals surface area contributed by atoms with Crippen LogP contribution in [-0.2, 0) is 0 Å². The summed E-state index contributed by atoms with van der Waals surface area (Å²) in [4.78, 5) is 0. The van der Waals surface area contributed by atoms with Gasteiger partial charge in [-0.2, -0.15) is 0 Å². The zero-order chi connectivity index (χ0) is 7.23. The molecule has 1 rings (SSSR count). The normalized spacial score (nSPS) is 18.9. The lowest BCUT2D eigenvalue weighted by Crippen LogP contribution is -2.23. The van der Waals surface area contributed by atoms with Gasteiger partial charge in [0.1, 0.15) is 0 Å². The molecule has 0 spiro atoms. The van der Waals surface area contributed by atoms with Gasteiger partial charge in [0.15, 0.2) is 0 Å². The van der Waals surface area contributed by atoms with E-state index in [9.17, 15) is 0 Å². The van der Waals surface area contributed by atoms with Gasteiger partial charge in [-0.05, 0) is 12.3 Å². The summed E-state index contributed by atoms with van der Waals surface area (Å²) in [5.41, 5.74) is 2.68. The van der Waals surface area contributed by atoms with E-state index >= 15 is 0 Å². The minimum absolute atomic E-state index is 0.979. The average Bonchev–Trinajstić information content (AvgIpc) is 1.84. The Labute approximate surface area is 63.1 Å². The maximum absolute atomic E-state index is 5.14. The number of rotatable bonds is 5. The molecule has 60 valence electrons. The van der Waals surface area contributed by atoms with Gasteiger partial charge in [-0.1, -0.05) is 32.1 Å². The third-order valence-corrected chi connectivity index (χ3v) is 2.41. The van der Waals surface area contributed by atoms with E-state index in [1.54, 1.807) is 0 Å². The highest BCUT2D eigenvalue weighted by molar-refractivity contribution is 4.69.